The lowest BCUT2D eigenvalue weighted by atomic mass is 10.1. The lowest BCUT2D eigenvalue weighted by molar-refractivity contribution is 0.0697. The number of piperazine rings is 1. The number of aromatic nitrogens is 1. The van der Waals surface area contributed by atoms with Gasteiger partial charge in [0.05, 0.1) is 10.7 Å². The molecule has 0 radical (unpaired) electrons. The van der Waals surface area contributed by atoms with Crippen LogP contribution >= 0.6 is 11.6 Å². The second kappa shape index (κ2) is 7.23. The fourth-order valence-electron chi connectivity index (χ4n) is 3.23. The summed E-state index contributed by atoms with van der Waals surface area (Å²) in [6.45, 7) is 2.75. The van der Waals surface area contributed by atoms with Gasteiger partial charge in [0, 0.05) is 37.9 Å². The molecule has 148 valence electrons. The molecule has 4 rings (SSSR count). The molecule has 0 atom stereocenters. The molecule has 10 heteroatoms. The Morgan fingerprint density at radius 1 is 1.11 bits per heavy atom. The minimum absolute atomic E-state index is 0.0931. The van der Waals surface area contributed by atoms with Gasteiger partial charge in [-0.1, -0.05) is 11.6 Å². The molecular formula is C18H18ClN3O5S. The Kier molecular flexibility index (Phi) is 4.90. The SMILES string of the molecule is Cc1ncc(Cl)cc1S(=O)(=O)N1CCN(C(=O)c2ccc3c(c2)OCO3)CC1. The average Bonchev–Trinajstić information content (AvgIpc) is 3.17. The van der Waals surface area contributed by atoms with E-state index >= 15 is 0 Å². The van der Waals surface area contributed by atoms with Crippen molar-refractivity contribution in [2.45, 2.75) is 11.8 Å². The van der Waals surface area contributed by atoms with Crippen molar-refractivity contribution < 1.29 is 22.7 Å². The summed E-state index contributed by atoms with van der Waals surface area (Å²) in [6, 6.07) is 6.43. The van der Waals surface area contributed by atoms with Crippen molar-refractivity contribution in [1.29, 1.82) is 0 Å². The number of rotatable bonds is 3. The lowest BCUT2D eigenvalue weighted by Crippen LogP contribution is -2.50. The number of fused-ring (bicyclic) bond motifs is 1. The van der Waals surface area contributed by atoms with Crippen LogP contribution in [0.4, 0.5) is 0 Å². The molecule has 0 unspecified atom stereocenters. The van der Waals surface area contributed by atoms with E-state index in [0.717, 1.165) is 0 Å². The molecule has 1 aromatic heterocycles. The zero-order chi connectivity index (χ0) is 19.9. The zero-order valence-electron chi connectivity index (χ0n) is 15.1. The van der Waals surface area contributed by atoms with Crippen LogP contribution in [0.15, 0.2) is 35.4 Å². The van der Waals surface area contributed by atoms with Crippen LogP contribution in [-0.2, 0) is 10.0 Å². The van der Waals surface area contributed by atoms with E-state index in [1.165, 1.54) is 16.6 Å². The van der Waals surface area contributed by atoms with Crippen LogP contribution in [0.3, 0.4) is 0 Å². The van der Waals surface area contributed by atoms with Gasteiger partial charge in [0.15, 0.2) is 11.5 Å². The van der Waals surface area contributed by atoms with Crippen LogP contribution in [0.1, 0.15) is 16.1 Å². The van der Waals surface area contributed by atoms with E-state index in [1.54, 1.807) is 30.0 Å². The molecule has 8 nitrogen and oxygen atoms in total. The number of hydrogen-bond acceptors (Lipinski definition) is 6. The standard InChI is InChI=1S/C18H18ClN3O5S/c1-12-17(9-14(19)10-20-12)28(24,25)22-6-4-21(5-7-22)18(23)13-2-3-15-16(8-13)27-11-26-15/h2-3,8-10H,4-7,11H2,1H3. The molecule has 1 aromatic carbocycles. The van der Waals surface area contributed by atoms with Crippen LogP contribution in [0.5, 0.6) is 11.5 Å². The molecule has 1 fully saturated rings. The number of benzene rings is 1. The van der Waals surface area contributed by atoms with Gasteiger partial charge in [-0.3, -0.25) is 9.78 Å². The lowest BCUT2D eigenvalue weighted by Gasteiger charge is -2.34. The van der Waals surface area contributed by atoms with Crippen LogP contribution in [0, 0.1) is 6.92 Å². The topological polar surface area (TPSA) is 89.0 Å². The van der Waals surface area contributed by atoms with Crippen LogP contribution in [-0.4, -0.2) is 61.5 Å². The van der Waals surface area contributed by atoms with E-state index < -0.39 is 10.0 Å². The molecule has 0 bridgehead atoms. The maximum atomic E-state index is 12.9. The Morgan fingerprint density at radius 3 is 2.57 bits per heavy atom. The second-order valence-electron chi connectivity index (χ2n) is 6.50. The molecule has 0 aliphatic carbocycles. The zero-order valence-corrected chi connectivity index (χ0v) is 16.7. The Morgan fingerprint density at radius 2 is 1.82 bits per heavy atom. The van der Waals surface area contributed by atoms with Gasteiger partial charge in [-0.25, -0.2) is 8.42 Å². The maximum absolute atomic E-state index is 12.9. The molecule has 1 amide bonds. The molecule has 2 aliphatic heterocycles. The highest BCUT2D eigenvalue weighted by Crippen LogP contribution is 2.33. The van der Waals surface area contributed by atoms with Crippen molar-refractivity contribution in [1.82, 2.24) is 14.2 Å². The summed E-state index contributed by atoms with van der Waals surface area (Å²) in [5, 5.41) is 0.265. The van der Waals surface area contributed by atoms with Gasteiger partial charge in [0.25, 0.3) is 5.91 Å². The first kappa shape index (κ1) is 19.0. The van der Waals surface area contributed by atoms with Gasteiger partial charge in [0.2, 0.25) is 16.8 Å². The van der Waals surface area contributed by atoms with Gasteiger partial charge in [-0.15, -0.1) is 0 Å². The predicted molar refractivity (Wildman–Crippen MR) is 101 cm³/mol. The first-order valence-electron chi connectivity index (χ1n) is 8.67. The first-order valence-corrected chi connectivity index (χ1v) is 10.5. The van der Waals surface area contributed by atoms with E-state index in [-0.39, 0.29) is 35.7 Å². The number of nitrogens with zero attached hydrogens (tertiary/aromatic N) is 3. The largest absolute Gasteiger partial charge is 0.454 e. The highest BCUT2D eigenvalue weighted by molar-refractivity contribution is 7.89. The van der Waals surface area contributed by atoms with Crippen LogP contribution in [0.25, 0.3) is 0 Å². The summed E-state index contributed by atoms with van der Waals surface area (Å²) in [5.74, 6) is 0.977. The summed E-state index contributed by atoms with van der Waals surface area (Å²) in [4.78, 5) is 18.5. The third kappa shape index (κ3) is 3.41. The van der Waals surface area contributed by atoms with Gasteiger partial charge in [-0.2, -0.15) is 4.31 Å². The second-order valence-corrected chi connectivity index (χ2v) is 8.84. The number of hydrogen-bond donors (Lipinski definition) is 0. The number of amides is 1. The normalized spacial score (nSPS) is 17.0. The molecule has 0 N–H and O–H groups in total. The predicted octanol–water partition coefficient (Wildman–Crippen LogP) is 1.92. The fourth-order valence-corrected chi connectivity index (χ4v) is 5.08. The number of carbonyl (C=O) groups excluding carboxylic acids is 1. The smallest absolute Gasteiger partial charge is 0.254 e. The molecule has 0 spiro atoms. The van der Waals surface area contributed by atoms with Gasteiger partial charge < -0.3 is 14.4 Å². The number of carbonyl (C=O) groups is 1. The fraction of sp³-hybridized carbons (Fsp3) is 0.333. The third-order valence-electron chi connectivity index (χ3n) is 4.77. The molecule has 2 aromatic rings. The highest BCUT2D eigenvalue weighted by atomic mass is 35.5. The van der Waals surface area contributed by atoms with E-state index in [4.69, 9.17) is 21.1 Å². The van der Waals surface area contributed by atoms with E-state index in [9.17, 15) is 13.2 Å². The summed E-state index contributed by atoms with van der Waals surface area (Å²) in [5.41, 5.74) is 0.874. The average molecular weight is 424 g/mol. The van der Waals surface area contributed by atoms with Gasteiger partial charge in [-0.05, 0) is 31.2 Å². The quantitative estimate of drug-likeness (QED) is 0.749. The van der Waals surface area contributed by atoms with Crippen molar-refractivity contribution in [3.05, 3.63) is 46.7 Å². The summed E-state index contributed by atoms with van der Waals surface area (Å²) < 4.78 is 37.8. The number of halogens is 1. The van der Waals surface area contributed by atoms with E-state index in [0.29, 0.717) is 35.8 Å². The molecular weight excluding hydrogens is 406 g/mol. The molecule has 2 aliphatic rings. The minimum Gasteiger partial charge on any atom is -0.454 e. The van der Waals surface area contributed by atoms with Crippen molar-refractivity contribution in [2.75, 3.05) is 33.0 Å². The monoisotopic (exact) mass is 423 g/mol. The van der Waals surface area contributed by atoms with Gasteiger partial charge >= 0.3 is 0 Å². The summed E-state index contributed by atoms with van der Waals surface area (Å²) in [6.07, 6.45) is 1.41. The number of sulfonamides is 1. The maximum Gasteiger partial charge on any atom is 0.254 e. The van der Waals surface area contributed by atoms with Crippen molar-refractivity contribution in [3.63, 3.8) is 0 Å². The summed E-state index contributed by atoms with van der Waals surface area (Å²) >= 11 is 5.92. The Labute approximate surface area is 167 Å². The number of ether oxygens (including phenoxy) is 2. The van der Waals surface area contributed by atoms with E-state index in [2.05, 4.69) is 4.98 Å². The molecule has 28 heavy (non-hydrogen) atoms. The number of aryl methyl sites for hydroxylation is 1. The van der Waals surface area contributed by atoms with Crippen molar-refractivity contribution >= 4 is 27.5 Å². The third-order valence-corrected chi connectivity index (χ3v) is 6.99. The Hall–Kier alpha value is -2.36. The first-order chi connectivity index (χ1) is 13.4. The minimum atomic E-state index is -3.73. The molecule has 1 saturated heterocycles. The Bertz CT molecular complexity index is 1040. The van der Waals surface area contributed by atoms with Crippen LogP contribution < -0.4 is 9.47 Å². The highest BCUT2D eigenvalue weighted by Gasteiger charge is 2.32. The van der Waals surface area contributed by atoms with Crippen molar-refractivity contribution in [3.8, 4) is 11.5 Å². The molecule has 3 heterocycles. The van der Waals surface area contributed by atoms with Crippen molar-refractivity contribution in [2.24, 2.45) is 0 Å². The van der Waals surface area contributed by atoms with Gasteiger partial charge in [0.1, 0.15) is 4.90 Å². The Balaban J connectivity index is 1.47. The summed E-state index contributed by atoms with van der Waals surface area (Å²) in [7, 11) is -3.73. The van der Waals surface area contributed by atoms with E-state index in [1.807, 2.05) is 0 Å². The number of pyridine rings is 1. The van der Waals surface area contributed by atoms with Crippen LogP contribution in [0.2, 0.25) is 5.02 Å². The molecule has 0 saturated carbocycles.